The molecule has 1 aliphatic rings. The molecule has 1 atom stereocenters. The zero-order valence-electron chi connectivity index (χ0n) is 6.31. The second kappa shape index (κ2) is 4.80. The van der Waals surface area contributed by atoms with Crippen molar-refractivity contribution in [2.75, 3.05) is 18.1 Å². The highest BCUT2D eigenvalue weighted by Gasteiger charge is 2.13. The van der Waals surface area contributed by atoms with Gasteiger partial charge in [0.25, 0.3) is 0 Å². The van der Waals surface area contributed by atoms with E-state index in [1.807, 2.05) is 6.08 Å². The summed E-state index contributed by atoms with van der Waals surface area (Å²) in [6, 6.07) is 0.782. The molecule has 1 N–H and O–H groups in total. The summed E-state index contributed by atoms with van der Waals surface area (Å²) in [4.78, 5) is 0. The first-order valence-corrected chi connectivity index (χ1v) is 5.01. The van der Waals surface area contributed by atoms with E-state index in [-0.39, 0.29) is 0 Å². The van der Waals surface area contributed by atoms with Crippen molar-refractivity contribution in [3.8, 4) is 0 Å². The summed E-state index contributed by atoms with van der Waals surface area (Å²) in [6.45, 7) is 4.79. The van der Waals surface area contributed by atoms with Gasteiger partial charge in [0.2, 0.25) is 0 Å². The predicted molar refractivity (Wildman–Crippen MR) is 48.5 cm³/mol. The van der Waals surface area contributed by atoms with Crippen LogP contribution in [0.2, 0.25) is 0 Å². The van der Waals surface area contributed by atoms with Crippen LogP contribution in [-0.2, 0) is 0 Å². The molecule has 1 saturated heterocycles. The largest absolute Gasteiger partial charge is 0.313 e. The van der Waals surface area contributed by atoms with E-state index in [0.717, 1.165) is 19.0 Å². The Labute approximate surface area is 67.3 Å². The summed E-state index contributed by atoms with van der Waals surface area (Å²) >= 11 is 2.05. The van der Waals surface area contributed by atoms with E-state index >= 15 is 0 Å². The fourth-order valence-electron chi connectivity index (χ4n) is 1.09. The highest BCUT2D eigenvalue weighted by atomic mass is 32.2. The van der Waals surface area contributed by atoms with Crippen molar-refractivity contribution in [2.24, 2.45) is 0 Å². The number of hydrogen-bond acceptors (Lipinski definition) is 2. The molecular formula is C8H15NS. The summed E-state index contributed by atoms with van der Waals surface area (Å²) < 4.78 is 0. The van der Waals surface area contributed by atoms with Crippen molar-refractivity contribution >= 4 is 11.8 Å². The second-order valence-electron chi connectivity index (χ2n) is 2.59. The van der Waals surface area contributed by atoms with Gasteiger partial charge in [-0.2, -0.15) is 11.8 Å². The molecule has 0 radical (unpaired) electrons. The van der Waals surface area contributed by atoms with Gasteiger partial charge in [-0.05, 0) is 25.1 Å². The maximum atomic E-state index is 3.68. The zero-order chi connectivity index (χ0) is 7.23. The lowest BCUT2D eigenvalue weighted by molar-refractivity contribution is 0.564. The van der Waals surface area contributed by atoms with Gasteiger partial charge < -0.3 is 5.32 Å². The van der Waals surface area contributed by atoms with E-state index in [9.17, 15) is 0 Å². The Hall–Kier alpha value is 0.0500. The van der Waals surface area contributed by atoms with Crippen LogP contribution in [0.5, 0.6) is 0 Å². The molecule has 58 valence electrons. The molecule has 0 saturated carbocycles. The summed E-state index contributed by atoms with van der Waals surface area (Å²) in [5, 5.41) is 3.49. The van der Waals surface area contributed by atoms with E-state index in [0.29, 0.717) is 0 Å². The van der Waals surface area contributed by atoms with Gasteiger partial charge in [-0.3, -0.25) is 0 Å². The predicted octanol–water partition coefficient (Wildman–Crippen LogP) is 1.66. The number of nitrogens with one attached hydrogen (secondary N) is 1. The lowest BCUT2D eigenvalue weighted by Gasteiger charge is -2.08. The summed E-state index contributed by atoms with van der Waals surface area (Å²) in [5.41, 5.74) is 0. The van der Waals surface area contributed by atoms with E-state index in [2.05, 4.69) is 23.7 Å². The molecule has 0 amide bonds. The maximum Gasteiger partial charge on any atom is 0.0166 e. The minimum atomic E-state index is 0.782. The van der Waals surface area contributed by atoms with Crippen molar-refractivity contribution in [1.82, 2.24) is 5.32 Å². The second-order valence-corrected chi connectivity index (χ2v) is 3.74. The van der Waals surface area contributed by atoms with Crippen molar-refractivity contribution in [2.45, 2.75) is 18.9 Å². The van der Waals surface area contributed by atoms with Crippen LogP contribution in [0.15, 0.2) is 12.7 Å². The summed E-state index contributed by atoms with van der Waals surface area (Å²) in [6.07, 6.45) is 4.41. The fourth-order valence-corrected chi connectivity index (χ4v) is 2.27. The number of rotatable bonds is 4. The SMILES string of the molecule is C=CCCNC1CCSC1. The van der Waals surface area contributed by atoms with Gasteiger partial charge in [0.1, 0.15) is 0 Å². The van der Waals surface area contributed by atoms with Gasteiger partial charge in [0.15, 0.2) is 0 Å². The highest BCUT2D eigenvalue weighted by molar-refractivity contribution is 7.99. The highest BCUT2D eigenvalue weighted by Crippen LogP contribution is 2.16. The Morgan fingerprint density at radius 2 is 2.60 bits per heavy atom. The Morgan fingerprint density at radius 3 is 3.20 bits per heavy atom. The molecular weight excluding hydrogens is 142 g/mol. The van der Waals surface area contributed by atoms with E-state index < -0.39 is 0 Å². The van der Waals surface area contributed by atoms with Crippen molar-refractivity contribution in [1.29, 1.82) is 0 Å². The molecule has 1 rings (SSSR count). The van der Waals surface area contributed by atoms with Crippen molar-refractivity contribution in [3.63, 3.8) is 0 Å². The molecule has 1 unspecified atom stereocenters. The molecule has 1 aliphatic heterocycles. The van der Waals surface area contributed by atoms with Crippen LogP contribution < -0.4 is 5.32 Å². The third-order valence-corrected chi connectivity index (χ3v) is 2.87. The molecule has 1 nitrogen and oxygen atoms in total. The van der Waals surface area contributed by atoms with Crippen LogP contribution in [0.25, 0.3) is 0 Å². The van der Waals surface area contributed by atoms with E-state index in [1.54, 1.807) is 0 Å². The summed E-state index contributed by atoms with van der Waals surface area (Å²) in [5.74, 6) is 2.64. The van der Waals surface area contributed by atoms with Gasteiger partial charge in [0.05, 0.1) is 0 Å². The number of hydrogen-bond donors (Lipinski definition) is 1. The molecule has 10 heavy (non-hydrogen) atoms. The molecule has 0 aliphatic carbocycles. The fraction of sp³-hybridized carbons (Fsp3) is 0.750. The third kappa shape index (κ3) is 2.76. The van der Waals surface area contributed by atoms with E-state index in [1.165, 1.54) is 17.9 Å². The van der Waals surface area contributed by atoms with Gasteiger partial charge in [0, 0.05) is 11.8 Å². The molecule has 1 heterocycles. The monoisotopic (exact) mass is 157 g/mol. The van der Waals surface area contributed by atoms with Crippen LogP contribution in [0.3, 0.4) is 0 Å². The maximum absolute atomic E-state index is 3.68. The standard InChI is InChI=1S/C8H15NS/c1-2-3-5-9-8-4-6-10-7-8/h2,8-9H,1,3-7H2. The molecule has 0 aromatic carbocycles. The zero-order valence-corrected chi connectivity index (χ0v) is 7.12. The molecule has 1 fully saturated rings. The first-order valence-electron chi connectivity index (χ1n) is 3.85. The minimum absolute atomic E-state index is 0.782. The molecule has 0 bridgehead atoms. The molecule has 0 aromatic heterocycles. The Morgan fingerprint density at radius 1 is 1.70 bits per heavy atom. The van der Waals surface area contributed by atoms with Crippen LogP contribution in [0, 0.1) is 0 Å². The van der Waals surface area contributed by atoms with Crippen molar-refractivity contribution in [3.05, 3.63) is 12.7 Å². The van der Waals surface area contributed by atoms with Crippen LogP contribution >= 0.6 is 11.8 Å². The Kier molecular flexibility index (Phi) is 3.91. The smallest absolute Gasteiger partial charge is 0.0166 e. The van der Waals surface area contributed by atoms with Gasteiger partial charge in [-0.25, -0.2) is 0 Å². The first-order chi connectivity index (χ1) is 4.93. The Bertz CT molecular complexity index is 97.4. The van der Waals surface area contributed by atoms with Crippen LogP contribution in [-0.4, -0.2) is 24.1 Å². The Balaban J connectivity index is 1.96. The molecule has 2 heteroatoms. The summed E-state index contributed by atoms with van der Waals surface area (Å²) in [7, 11) is 0. The lowest BCUT2D eigenvalue weighted by atomic mass is 10.2. The third-order valence-electron chi connectivity index (χ3n) is 1.71. The average Bonchev–Trinajstić information content (AvgIpc) is 2.41. The van der Waals surface area contributed by atoms with Gasteiger partial charge in [-0.1, -0.05) is 6.08 Å². The van der Waals surface area contributed by atoms with Gasteiger partial charge in [-0.15, -0.1) is 6.58 Å². The normalized spacial score (nSPS) is 25.0. The number of thioether (sulfide) groups is 1. The molecule has 0 aromatic rings. The topological polar surface area (TPSA) is 12.0 Å². The first kappa shape index (κ1) is 8.15. The van der Waals surface area contributed by atoms with Crippen LogP contribution in [0.4, 0.5) is 0 Å². The minimum Gasteiger partial charge on any atom is -0.313 e. The van der Waals surface area contributed by atoms with Crippen LogP contribution in [0.1, 0.15) is 12.8 Å². The average molecular weight is 157 g/mol. The van der Waals surface area contributed by atoms with Gasteiger partial charge >= 0.3 is 0 Å². The molecule has 0 spiro atoms. The van der Waals surface area contributed by atoms with E-state index in [4.69, 9.17) is 0 Å². The quantitative estimate of drug-likeness (QED) is 0.492. The lowest BCUT2D eigenvalue weighted by Crippen LogP contribution is -2.29. The van der Waals surface area contributed by atoms with Crippen molar-refractivity contribution < 1.29 is 0 Å².